The summed E-state index contributed by atoms with van der Waals surface area (Å²) < 4.78 is 5.43. The highest BCUT2D eigenvalue weighted by Gasteiger charge is 2.22. The molecule has 3 rings (SSSR count). The maximum absolute atomic E-state index is 12.5. The standard InChI is InChI=1S/C18H20ClN3O3/c1-10-8-14(12-4-3-7-20-9-12)25-18(24)16(10)17(23)22-15-6-5-13(19)11(2)21-15/h5-6,8,12,20H,3-4,7,9H2,1-2H3,(H,21,22,23). The number of hydrogen-bond acceptors (Lipinski definition) is 5. The number of amides is 1. The number of anilines is 1. The van der Waals surface area contributed by atoms with E-state index in [2.05, 4.69) is 15.6 Å². The van der Waals surface area contributed by atoms with Crippen molar-refractivity contribution in [2.24, 2.45) is 0 Å². The van der Waals surface area contributed by atoms with Gasteiger partial charge in [0.1, 0.15) is 17.1 Å². The quantitative estimate of drug-likeness (QED) is 0.877. The Kier molecular flexibility index (Phi) is 5.20. The molecule has 1 amide bonds. The minimum Gasteiger partial charge on any atom is -0.427 e. The van der Waals surface area contributed by atoms with E-state index in [0.717, 1.165) is 25.9 Å². The van der Waals surface area contributed by atoms with Crippen molar-refractivity contribution in [2.75, 3.05) is 18.4 Å². The number of pyridine rings is 1. The Morgan fingerprint density at radius 2 is 2.20 bits per heavy atom. The third kappa shape index (κ3) is 3.91. The molecule has 1 aliphatic rings. The molecule has 1 unspecified atom stereocenters. The van der Waals surface area contributed by atoms with Crippen molar-refractivity contribution in [2.45, 2.75) is 32.6 Å². The topological polar surface area (TPSA) is 84.2 Å². The van der Waals surface area contributed by atoms with Crippen molar-refractivity contribution < 1.29 is 9.21 Å². The van der Waals surface area contributed by atoms with Crippen LogP contribution in [0.2, 0.25) is 5.02 Å². The second-order valence-corrected chi connectivity index (χ2v) is 6.66. The smallest absolute Gasteiger partial charge is 0.349 e. The molecule has 6 nitrogen and oxygen atoms in total. The summed E-state index contributed by atoms with van der Waals surface area (Å²) in [5, 5.41) is 6.43. The van der Waals surface area contributed by atoms with Gasteiger partial charge >= 0.3 is 5.63 Å². The lowest BCUT2D eigenvalue weighted by Gasteiger charge is -2.22. The van der Waals surface area contributed by atoms with E-state index in [1.165, 1.54) is 0 Å². The molecular weight excluding hydrogens is 342 g/mol. The van der Waals surface area contributed by atoms with Gasteiger partial charge in [0, 0.05) is 12.5 Å². The molecule has 0 aromatic carbocycles. The Morgan fingerprint density at radius 3 is 2.84 bits per heavy atom. The fraction of sp³-hybridized carbons (Fsp3) is 0.389. The van der Waals surface area contributed by atoms with Crippen molar-refractivity contribution in [3.8, 4) is 0 Å². The number of hydrogen-bond donors (Lipinski definition) is 2. The monoisotopic (exact) mass is 361 g/mol. The Bertz CT molecular complexity index is 857. The second kappa shape index (κ2) is 7.37. The van der Waals surface area contributed by atoms with Crippen LogP contribution in [-0.4, -0.2) is 24.0 Å². The van der Waals surface area contributed by atoms with Gasteiger partial charge in [-0.25, -0.2) is 9.78 Å². The van der Waals surface area contributed by atoms with E-state index >= 15 is 0 Å². The predicted octanol–water partition coefficient (Wildman–Crippen LogP) is 3.02. The largest absolute Gasteiger partial charge is 0.427 e. The molecule has 25 heavy (non-hydrogen) atoms. The molecule has 0 radical (unpaired) electrons. The summed E-state index contributed by atoms with van der Waals surface area (Å²) in [5.74, 6) is 0.601. The molecule has 0 spiro atoms. The SMILES string of the molecule is Cc1cc(C2CCCNC2)oc(=O)c1C(=O)Nc1ccc(Cl)c(C)n1. The summed E-state index contributed by atoms with van der Waals surface area (Å²) in [5.41, 5.74) is 0.578. The van der Waals surface area contributed by atoms with Crippen LogP contribution in [0.15, 0.2) is 27.4 Å². The van der Waals surface area contributed by atoms with Crippen LogP contribution in [0.1, 0.15) is 46.1 Å². The molecule has 2 aromatic rings. The Labute approximate surface area is 150 Å². The van der Waals surface area contributed by atoms with Crippen LogP contribution in [0.3, 0.4) is 0 Å². The van der Waals surface area contributed by atoms with Crippen molar-refractivity contribution >= 4 is 23.3 Å². The number of carbonyl (C=O) groups excluding carboxylic acids is 1. The molecule has 7 heteroatoms. The highest BCUT2D eigenvalue weighted by Crippen LogP contribution is 2.24. The van der Waals surface area contributed by atoms with Crippen LogP contribution >= 0.6 is 11.6 Å². The molecule has 0 aliphatic carbocycles. The maximum atomic E-state index is 12.5. The highest BCUT2D eigenvalue weighted by molar-refractivity contribution is 6.31. The van der Waals surface area contributed by atoms with E-state index in [-0.39, 0.29) is 11.5 Å². The summed E-state index contributed by atoms with van der Waals surface area (Å²) in [6.07, 6.45) is 2.01. The molecule has 2 aromatic heterocycles. The number of halogens is 1. The lowest BCUT2D eigenvalue weighted by Crippen LogP contribution is -2.30. The van der Waals surface area contributed by atoms with Crippen LogP contribution in [-0.2, 0) is 0 Å². The molecule has 0 bridgehead atoms. The average Bonchev–Trinajstić information content (AvgIpc) is 2.58. The van der Waals surface area contributed by atoms with Gasteiger partial charge in [-0.15, -0.1) is 0 Å². The minimum absolute atomic E-state index is 0.00178. The fourth-order valence-corrected chi connectivity index (χ4v) is 3.10. The second-order valence-electron chi connectivity index (χ2n) is 6.26. The van der Waals surface area contributed by atoms with E-state index in [0.29, 0.717) is 27.9 Å². The van der Waals surface area contributed by atoms with Gasteiger partial charge in [0.25, 0.3) is 5.91 Å². The van der Waals surface area contributed by atoms with E-state index in [9.17, 15) is 9.59 Å². The van der Waals surface area contributed by atoms with Gasteiger partial charge in [0.2, 0.25) is 0 Å². The van der Waals surface area contributed by atoms with E-state index in [4.69, 9.17) is 16.0 Å². The Hall–Kier alpha value is -2.18. The first kappa shape index (κ1) is 17.6. The first-order chi connectivity index (χ1) is 12.0. The van der Waals surface area contributed by atoms with Crippen molar-refractivity contribution in [3.63, 3.8) is 0 Å². The molecule has 1 saturated heterocycles. The molecular formula is C18H20ClN3O3. The van der Waals surface area contributed by atoms with E-state index in [1.807, 2.05) is 0 Å². The molecule has 132 valence electrons. The molecule has 1 atom stereocenters. The number of aryl methyl sites for hydroxylation is 2. The minimum atomic E-state index is -0.622. The van der Waals surface area contributed by atoms with Crippen LogP contribution in [0, 0.1) is 13.8 Å². The number of nitrogens with zero attached hydrogens (tertiary/aromatic N) is 1. The lowest BCUT2D eigenvalue weighted by molar-refractivity contribution is 0.102. The zero-order chi connectivity index (χ0) is 18.0. The summed E-state index contributed by atoms with van der Waals surface area (Å²) in [6.45, 7) is 5.24. The van der Waals surface area contributed by atoms with Gasteiger partial charge in [-0.2, -0.15) is 0 Å². The van der Waals surface area contributed by atoms with Crippen LogP contribution < -0.4 is 16.3 Å². The van der Waals surface area contributed by atoms with Crippen molar-refractivity contribution in [3.05, 3.63) is 56.2 Å². The first-order valence-electron chi connectivity index (χ1n) is 8.25. The van der Waals surface area contributed by atoms with Gasteiger partial charge in [0.05, 0.1) is 10.7 Å². The number of carbonyl (C=O) groups is 1. The number of nitrogens with one attached hydrogen (secondary N) is 2. The molecule has 2 N–H and O–H groups in total. The number of rotatable bonds is 3. The fourth-order valence-electron chi connectivity index (χ4n) is 2.99. The zero-order valence-electron chi connectivity index (χ0n) is 14.2. The third-order valence-electron chi connectivity index (χ3n) is 4.36. The van der Waals surface area contributed by atoms with Crippen LogP contribution in [0.4, 0.5) is 5.82 Å². The molecule has 1 aliphatic heterocycles. The Balaban J connectivity index is 1.84. The Morgan fingerprint density at radius 1 is 1.40 bits per heavy atom. The summed E-state index contributed by atoms with van der Waals surface area (Å²) in [7, 11) is 0. The van der Waals surface area contributed by atoms with Gasteiger partial charge in [0.15, 0.2) is 0 Å². The van der Waals surface area contributed by atoms with Crippen LogP contribution in [0.25, 0.3) is 0 Å². The van der Waals surface area contributed by atoms with Gasteiger partial charge in [-0.1, -0.05) is 11.6 Å². The maximum Gasteiger partial charge on any atom is 0.349 e. The molecule has 0 saturated carbocycles. The normalized spacial score (nSPS) is 17.3. The number of piperidine rings is 1. The lowest BCUT2D eigenvalue weighted by atomic mass is 9.95. The third-order valence-corrected chi connectivity index (χ3v) is 4.76. The van der Waals surface area contributed by atoms with Crippen molar-refractivity contribution in [1.82, 2.24) is 10.3 Å². The van der Waals surface area contributed by atoms with E-state index in [1.54, 1.807) is 32.0 Å². The van der Waals surface area contributed by atoms with Gasteiger partial charge in [-0.3, -0.25) is 4.79 Å². The van der Waals surface area contributed by atoms with Gasteiger partial charge in [-0.05, 0) is 57.0 Å². The zero-order valence-corrected chi connectivity index (χ0v) is 14.9. The molecule has 3 heterocycles. The summed E-state index contributed by atoms with van der Waals surface area (Å²) >= 11 is 5.93. The molecule has 1 fully saturated rings. The van der Waals surface area contributed by atoms with Crippen molar-refractivity contribution in [1.29, 1.82) is 0 Å². The van der Waals surface area contributed by atoms with E-state index < -0.39 is 11.5 Å². The highest BCUT2D eigenvalue weighted by atomic mass is 35.5. The van der Waals surface area contributed by atoms with Crippen LogP contribution in [0.5, 0.6) is 0 Å². The summed E-state index contributed by atoms with van der Waals surface area (Å²) in [4.78, 5) is 29.0. The first-order valence-corrected chi connectivity index (χ1v) is 8.63. The summed E-state index contributed by atoms with van der Waals surface area (Å²) in [6, 6.07) is 5.02. The number of aromatic nitrogens is 1. The average molecular weight is 362 g/mol. The van der Waals surface area contributed by atoms with Gasteiger partial charge < -0.3 is 15.1 Å². The predicted molar refractivity (Wildman–Crippen MR) is 96.5 cm³/mol.